The molecular formula is C28H26N2O6. The second-order valence-corrected chi connectivity index (χ2v) is 7.94. The summed E-state index contributed by atoms with van der Waals surface area (Å²) in [5.74, 6) is -0.462. The van der Waals surface area contributed by atoms with Crippen LogP contribution < -0.4 is 9.47 Å². The van der Waals surface area contributed by atoms with Crippen LogP contribution in [0.3, 0.4) is 0 Å². The van der Waals surface area contributed by atoms with E-state index in [1.54, 1.807) is 42.5 Å². The molecule has 0 spiro atoms. The van der Waals surface area contributed by atoms with Crippen LogP contribution in [0.1, 0.15) is 32.0 Å². The van der Waals surface area contributed by atoms with Crippen molar-refractivity contribution in [2.45, 2.75) is 13.5 Å². The van der Waals surface area contributed by atoms with E-state index in [1.165, 1.54) is 31.6 Å². The lowest BCUT2D eigenvalue weighted by atomic mass is 10.0. The molecule has 0 aliphatic rings. The van der Waals surface area contributed by atoms with E-state index in [1.807, 2.05) is 37.3 Å². The average molecular weight is 487 g/mol. The minimum atomic E-state index is -0.719. The third-order valence-electron chi connectivity index (χ3n) is 5.61. The van der Waals surface area contributed by atoms with Crippen molar-refractivity contribution in [3.05, 3.63) is 95.2 Å². The first-order valence-corrected chi connectivity index (χ1v) is 11.2. The number of benzene rings is 3. The van der Waals surface area contributed by atoms with Crippen LogP contribution in [0.15, 0.2) is 72.8 Å². The number of esters is 2. The fourth-order valence-electron chi connectivity index (χ4n) is 3.74. The van der Waals surface area contributed by atoms with E-state index in [9.17, 15) is 9.59 Å². The number of para-hydroxylation sites is 1. The molecule has 3 aromatic carbocycles. The first-order valence-electron chi connectivity index (χ1n) is 11.2. The Labute approximate surface area is 209 Å². The summed E-state index contributed by atoms with van der Waals surface area (Å²) in [6.45, 7) is 2.39. The van der Waals surface area contributed by atoms with Gasteiger partial charge in [-0.2, -0.15) is 5.10 Å². The van der Waals surface area contributed by atoms with Crippen molar-refractivity contribution in [1.82, 2.24) is 9.78 Å². The lowest BCUT2D eigenvalue weighted by Gasteiger charge is -2.12. The van der Waals surface area contributed by atoms with Crippen LogP contribution in [0.2, 0.25) is 0 Å². The first-order chi connectivity index (χ1) is 17.5. The highest BCUT2D eigenvalue weighted by molar-refractivity contribution is 6.06. The van der Waals surface area contributed by atoms with Gasteiger partial charge >= 0.3 is 11.9 Å². The second-order valence-electron chi connectivity index (χ2n) is 7.94. The molecule has 8 nitrogen and oxygen atoms in total. The van der Waals surface area contributed by atoms with Crippen LogP contribution in [0.5, 0.6) is 11.5 Å². The fourth-order valence-corrected chi connectivity index (χ4v) is 3.74. The van der Waals surface area contributed by atoms with Gasteiger partial charge in [-0.25, -0.2) is 14.3 Å². The fraction of sp³-hybridized carbons (Fsp3) is 0.179. The van der Waals surface area contributed by atoms with E-state index < -0.39 is 11.9 Å². The normalized spacial score (nSPS) is 10.6. The molecule has 0 saturated heterocycles. The Hall–Kier alpha value is -4.59. The Kier molecular flexibility index (Phi) is 7.34. The summed E-state index contributed by atoms with van der Waals surface area (Å²) in [6, 6.07) is 22.2. The van der Waals surface area contributed by atoms with Crippen molar-refractivity contribution < 1.29 is 28.5 Å². The molecule has 0 N–H and O–H groups in total. The summed E-state index contributed by atoms with van der Waals surface area (Å²) < 4.78 is 22.9. The van der Waals surface area contributed by atoms with Crippen LogP contribution in [0, 0.1) is 6.92 Å². The second kappa shape index (κ2) is 10.8. The molecule has 4 aromatic rings. The van der Waals surface area contributed by atoms with Gasteiger partial charge < -0.3 is 18.9 Å². The predicted octanol–water partition coefficient (Wildman–Crippen LogP) is 5.01. The molecule has 0 amide bonds. The van der Waals surface area contributed by atoms with Gasteiger partial charge in [-0.05, 0) is 42.8 Å². The van der Waals surface area contributed by atoms with E-state index in [2.05, 4.69) is 5.10 Å². The maximum Gasteiger partial charge on any atom is 0.357 e. The van der Waals surface area contributed by atoms with E-state index in [0.29, 0.717) is 29.4 Å². The molecule has 184 valence electrons. The third kappa shape index (κ3) is 4.93. The number of carbonyl (C=O) groups is 2. The summed E-state index contributed by atoms with van der Waals surface area (Å²) in [6.07, 6.45) is 0. The molecule has 36 heavy (non-hydrogen) atoms. The molecule has 0 aliphatic carbocycles. The zero-order chi connectivity index (χ0) is 25.7. The average Bonchev–Trinajstić information content (AvgIpc) is 3.33. The molecule has 4 rings (SSSR count). The summed E-state index contributed by atoms with van der Waals surface area (Å²) >= 11 is 0. The number of hydrogen-bond donors (Lipinski definition) is 0. The van der Waals surface area contributed by atoms with Crippen molar-refractivity contribution in [3.63, 3.8) is 0 Å². The maximum absolute atomic E-state index is 12.9. The molecule has 0 saturated carbocycles. The SMILES string of the molecule is COC(=O)c1c(-c2ccc(OCc3ccc(C)cc3)c(OC)c2)nn(-c2ccccc2)c1C(=O)OC. The smallest absolute Gasteiger partial charge is 0.357 e. The van der Waals surface area contributed by atoms with Gasteiger partial charge in [-0.1, -0.05) is 48.0 Å². The van der Waals surface area contributed by atoms with Crippen LogP contribution >= 0.6 is 0 Å². The van der Waals surface area contributed by atoms with Gasteiger partial charge in [0.15, 0.2) is 17.2 Å². The number of hydrogen-bond acceptors (Lipinski definition) is 7. The van der Waals surface area contributed by atoms with Gasteiger partial charge in [0, 0.05) is 5.56 Å². The summed E-state index contributed by atoms with van der Waals surface area (Å²) in [5.41, 5.74) is 3.50. The standard InChI is InChI=1S/C28H26N2O6/c1-18-10-12-19(13-11-18)17-36-22-15-14-20(16-23(22)33-2)25-24(27(31)34-3)26(28(32)35-4)30(29-25)21-8-6-5-7-9-21/h5-16H,17H2,1-4H3. The molecule has 1 heterocycles. The van der Waals surface area contributed by atoms with Crippen LogP contribution in [0.4, 0.5) is 0 Å². The largest absolute Gasteiger partial charge is 0.493 e. The zero-order valence-electron chi connectivity index (χ0n) is 20.5. The molecular weight excluding hydrogens is 460 g/mol. The Morgan fingerprint density at radius 2 is 1.53 bits per heavy atom. The van der Waals surface area contributed by atoms with Gasteiger partial charge in [0.2, 0.25) is 0 Å². The summed E-state index contributed by atoms with van der Waals surface area (Å²) in [7, 11) is 4.02. The molecule has 0 radical (unpaired) electrons. The van der Waals surface area contributed by atoms with Crippen molar-refractivity contribution in [1.29, 1.82) is 0 Å². The van der Waals surface area contributed by atoms with Crippen LogP contribution in [-0.2, 0) is 16.1 Å². The van der Waals surface area contributed by atoms with Crippen LogP contribution in [-0.4, -0.2) is 43.0 Å². The minimum Gasteiger partial charge on any atom is -0.493 e. The number of aryl methyl sites for hydroxylation is 1. The number of methoxy groups -OCH3 is 3. The Bertz CT molecular complexity index is 1380. The molecule has 0 aliphatic heterocycles. The van der Waals surface area contributed by atoms with E-state index in [4.69, 9.17) is 18.9 Å². The number of carbonyl (C=O) groups excluding carboxylic acids is 2. The highest BCUT2D eigenvalue weighted by Crippen LogP contribution is 2.36. The predicted molar refractivity (Wildman–Crippen MR) is 134 cm³/mol. The molecule has 8 heteroatoms. The molecule has 0 fully saturated rings. The monoisotopic (exact) mass is 486 g/mol. The van der Waals surface area contributed by atoms with E-state index in [0.717, 1.165) is 5.56 Å². The van der Waals surface area contributed by atoms with Crippen molar-refractivity contribution in [2.75, 3.05) is 21.3 Å². The minimum absolute atomic E-state index is 0.0106. The topological polar surface area (TPSA) is 88.9 Å². The third-order valence-corrected chi connectivity index (χ3v) is 5.61. The number of ether oxygens (including phenoxy) is 4. The lowest BCUT2D eigenvalue weighted by molar-refractivity contribution is 0.0549. The van der Waals surface area contributed by atoms with Crippen molar-refractivity contribution >= 4 is 11.9 Å². The van der Waals surface area contributed by atoms with Crippen LogP contribution in [0.25, 0.3) is 16.9 Å². The van der Waals surface area contributed by atoms with Crippen molar-refractivity contribution in [2.24, 2.45) is 0 Å². The summed E-state index contributed by atoms with van der Waals surface area (Å²) in [5, 5.41) is 4.61. The molecule has 0 unspecified atom stereocenters. The zero-order valence-corrected chi connectivity index (χ0v) is 20.5. The molecule has 0 atom stereocenters. The Morgan fingerprint density at radius 1 is 0.833 bits per heavy atom. The van der Waals surface area contributed by atoms with E-state index >= 15 is 0 Å². The molecule has 1 aromatic heterocycles. The van der Waals surface area contributed by atoms with Crippen molar-refractivity contribution in [3.8, 4) is 28.4 Å². The van der Waals surface area contributed by atoms with Gasteiger partial charge in [-0.3, -0.25) is 0 Å². The number of rotatable bonds is 8. The highest BCUT2D eigenvalue weighted by atomic mass is 16.5. The van der Waals surface area contributed by atoms with Gasteiger partial charge in [0.05, 0.1) is 27.0 Å². The number of nitrogens with zero attached hydrogens (tertiary/aromatic N) is 2. The Balaban J connectivity index is 1.79. The summed E-state index contributed by atoms with van der Waals surface area (Å²) in [4.78, 5) is 25.6. The highest BCUT2D eigenvalue weighted by Gasteiger charge is 2.31. The first kappa shape index (κ1) is 24.5. The van der Waals surface area contributed by atoms with Gasteiger partial charge in [0.25, 0.3) is 0 Å². The van der Waals surface area contributed by atoms with Gasteiger partial charge in [0.1, 0.15) is 17.9 Å². The molecule has 0 bridgehead atoms. The van der Waals surface area contributed by atoms with E-state index in [-0.39, 0.29) is 17.0 Å². The quantitative estimate of drug-likeness (QED) is 0.324. The number of aromatic nitrogens is 2. The lowest BCUT2D eigenvalue weighted by Crippen LogP contribution is -2.15. The van der Waals surface area contributed by atoms with Gasteiger partial charge in [-0.15, -0.1) is 0 Å². The Morgan fingerprint density at radius 3 is 2.17 bits per heavy atom. The maximum atomic E-state index is 12.9.